The van der Waals surface area contributed by atoms with Crippen LogP contribution in [0.5, 0.6) is 0 Å². The molecule has 0 spiro atoms. The number of aryl methyl sites for hydroxylation is 1. The lowest BCUT2D eigenvalue weighted by molar-refractivity contribution is 0.436. The van der Waals surface area contributed by atoms with E-state index in [2.05, 4.69) is 5.16 Å². The Labute approximate surface area is 103 Å². The molecule has 0 aliphatic carbocycles. The van der Waals surface area contributed by atoms with Gasteiger partial charge in [-0.15, -0.1) is 0 Å². The van der Waals surface area contributed by atoms with E-state index in [1.54, 1.807) is 6.07 Å². The molecule has 86 valence electrons. The Morgan fingerprint density at radius 2 is 2.18 bits per heavy atom. The number of rotatable bonds is 1. The van der Waals surface area contributed by atoms with E-state index in [0.29, 0.717) is 11.6 Å². The molecule has 0 aliphatic heterocycles. The maximum absolute atomic E-state index is 6.15. The van der Waals surface area contributed by atoms with Crippen molar-refractivity contribution in [2.45, 2.75) is 0 Å². The van der Waals surface area contributed by atoms with Crippen LogP contribution < -0.4 is 5.73 Å². The molecule has 1 aromatic carbocycles. The molecule has 2 N–H and O–H groups in total. The Morgan fingerprint density at radius 1 is 1.35 bits per heavy atom. The SMILES string of the molecule is Cn1cc(Cl)c2cc(-c3cc(N)no3)ccc21. The van der Waals surface area contributed by atoms with Crippen LogP contribution in [0.4, 0.5) is 5.82 Å². The monoisotopic (exact) mass is 247 g/mol. The van der Waals surface area contributed by atoms with E-state index in [-0.39, 0.29) is 0 Å². The number of fused-ring (bicyclic) bond motifs is 1. The molecule has 2 aromatic heterocycles. The average Bonchev–Trinajstić information content (AvgIpc) is 2.85. The highest BCUT2D eigenvalue weighted by atomic mass is 35.5. The number of halogens is 1. The number of nitrogens with two attached hydrogens (primary N) is 1. The molecule has 3 aromatic rings. The molecule has 5 heteroatoms. The van der Waals surface area contributed by atoms with E-state index in [0.717, 1.165) is 21.5 Å². The predicted molar refractivity (Wildman–Crippen MR) is 67.8 cm³/mol. The van der Waals surface area contributed by atoms with Gasteiger partial charge in [0.1, 0.15) is 0 Å². The van der Waals surface area contributed by atoms with Gasteiger partial charge in [0.2, 0.25) is 0 Å². The van der Waals surface area contributed by atoms with Gasteiger partial charge in [0.05, 0.1) is 5.02 Å². The van der Waals surface area contributed by atoms with E-state index >= 15 is 0 Å². The van der Waals surface area contributed by atoms with Crippen molar-refractivity contribution in [3.63, 3.8) is 0 Å². The standard InChI is InChI=1S/C12H10ClN3O/c1-16-6-9(13)8-4-7(2-3-10(8)16)11-5-12(14)15-17-11/h2-6H,1H3,(H2,14,15). The van der Waals surface area contributed by atoms with Gasteiger partial charge in [0, 0.05) is 35.8 Å². The number of nitrogen functional groups attached to an aromatic ring is 1. The molecule has 0 aliphatic rings. The Bertz CT molecular complexity index is 699. The van der Waals surface area contributed by atoms with Crippen LogP contribution >= 0.6 is 11.6 Å². The van der Waals surface area contributed by atoms with Gasteiger partial charge in [0.25, 0.3) is 0 Å². The molecule has 0 saturated heterocycles. The van der Waals surface area contributed by atoms with Crippen molar-refractivity contribution in [2.24, 2.45) is 7.05 Å². The molecule has 0 amide bonds. The van der Waals surface area contributed by atoms with E-state index in [9.17, 15) is 0 Å². The van der Waals surface area contributed by atoms with Gasteiger partial charge in [-0.3, -0.25) is 0 Å². The first-order valence-corrected chi connectivity index (χ1v) is 5.50. The predicted octanol–water partition coefficient (Wildman–Crippen LogP) is 3.07. The molecule has 4 nitrogen and oxygen atoms in total. The van der Waals surface area contributed by atoms with Crippen molar-refractivity contribution in [1.29, 1.82) is 0 Å². The summed E-state index contributed by atoms with van der Waals surface area (Å²) in [5.41, 5.74) is 7.51. The lowest BCUT2D eigenvalue weighted by Crippen LogP contribution is -1.83. The molecule has 0 fully saturated rings. The van der Waals surface area contributed by atoms with Crippen LogP contribution in [0.2, 0.25) is 5.02 Å². The molecule has 0 bridgehead atoms. The van der Waals surface area contributed by atoms with E-state index < -0.39 is 0 Å². The Morgan fingerprint density at radius 3 is 2.88 bits per heavy atom. The summed E-state index contributed by atoms with van der Waals surface area (Å²) in [6.45, 7) is 0. The minimum atomic E-state index is 0.374. The van der Waals surface area contributed by atoms with E-state index in [4.69, 9.17) is 21.9 Å². The summed E-state index contributed by atoms with van der Waals surface area (Å²) in [4.78, 5) is 0. The van der Waals surface area contributed by atoms with Crippen LogP contribution in [0, 0.1) is 0 Å². The number of anilines is 1. The second-order valence-corrected chi connectivity index (χ2v) is 4.34. The highest BCUT2D eigenvalue weighted by Crippen LogP contribution is 2.30. The zero-order valence-electron chi connectivity index (χ0n) is 9.14. The van der Waals surface area contributed by atoms with Crippen LogP contribution in [-0.4, -0.2) is 9.72 Å². The summed E-state index contributed by atoms with van der Waals surface area (Å²) in [6.07, 6.45) is 1.88. The van der Waals surface area contributed by atoms with E-state index in [1.807, 2.05) is 36.0 Å². The maximum Gasteiger partial charge on any atom is 0.169 e. The molecule has 2 heterocycles. The Balaban J connectivity index is 2.22. The average molecular weight is 248 g/mol. The van der Waals surface area contributed by atoms with Gasteiger partial charge < -0.3 is 14.8 Å². The first-order valence-electron chi connectivity index (χ1n) is 5.12. The summed E-state index contributed by atoms with van der Waals surface area (Å²) < 4.78 is 7.10. The largest absolute Gasteiger partial charge is 0.381 e. The smallest absolute Gasteiger partial charge is 0.169 e. The van der Waals surface area contributed by atoms with Gasteiger partial charge in [-0.05, 0) is 18.2 Å². The Hall–Kier alpha value is -1.94. The first-order chi connectivity index (χ1) is 8.15. The topological polar surface area (TPSA) is 57.0 Å². The third-order valence-corrected chi connectivity index (χ3v) is 3.05. The first kappa shape index (κ1) is 10.2. The summed E-state index contributed by atoms with van der Waals surface area (Å²) in [5, 5.41) is 5.37. The lowest BCUT2D eigenvalue weighted by atomic mass is 10.1. The van der Waals surface area contributed by atoms with Crippen LogP contribution in [0.25, 0.3) is 22.2 Å². The van der Waals surface area contributed by atoms with Crippen molar-refractivity contribution < 1.29 is 4.52 Å². The van der Waals surface area contributed by atoms with Crippen LogP contribution in [0.15, 0.2) is 35.0 Å². The fourth-order valence-electron chi connectivity index (χ4n) is 1.92. The molecule has 3 rings (SSSR count). The summed E-state index contributed by atoms with van der Waals surface area (Å²) in [6, 6.07) is 7.61. The number of benzene rings is 1. The third-order valence-electron chi connectivity index (χ3n) is 2.75. The van der Waals surface area contributed by atoms with Crippen LogP contribution in [0.1, 0.15) is 0 Å². The molecular weight excluding hydrogens is 238 g/mol. The molecule has 0 radical (unpaired) electrons. The second kappa shape index (κ2) is 3.53. The van der Waals surface area contributed by atoms with Crippen molar-refractivity contribution in [2.75, 3.05) is 5.73 Å². The summed E-state index contributed by atoms with van der Waals surface area (Å²) >= 11 is 6.15. The molecule has 17 heavy (non-hydrogen) atoms. The molecule has 0 unspecified atom stereocenters. The minimum Gasteiger partial charge on any atom is -0.381 e. The third kappa shape index (κ3) is 1.57. The van der Waals surface area contributed by atoms with E-state index in [1.165, 1.54) is 0 Å². The fourth-order valence-corrected chi connectivity index (χ4v) is 2.22. The van der Waals surface area contributed by atoms with Gasteiger partial charge in [-0.2, -0.15) is 0 Å². The number of nitrogens with zero attached hydrogens (tertiary/aromatic N) is 2. The zero-order valence-corrected chi connectivity index (χ0v) is 9.90. The van der Waals surface area contributed by atoms with Gasteiger partial charge >= 0.3 is 0 Å². The normalized spacial score (nSPS) is 11.2. The van der Waals surface area contributed by atoms with Crippen molar-refractivity contribution in [1.82, 2.24) is 9.72 Å². The Kier molecular flexibility index (Phi) is 2.12. The van der Waals surface area contributed by atoms with Crippen LogP contribution in [0.3, 0.4) is 0 Å². The number of hydrogen-bond acceptors (Lipinski definition) is 3. The molecule has 0 saturated carbocycles. The van der Waals surface area contributed by atoms with Gasteiger partial charge in [0.15, 0.2) is 11.6 Å². The fraction of sp³-hybridized carbons (Fsp3) is 0.0833. The van der Waals surface area contributed by atoms with Crippen LogP contribution in [-0.2, 0) is 7.05 Å². The lowest BCUT2D eigenvalue weighted by Gasteiger charge is -1.98. The van der Waals surface area contributed by atoms with Gasteiger partial charge in [-0.25, -0.2) is 0 Å². The highest BCUT2D eigenvalue weighted by molar-refractivity contribution is 6.35. The zero-order chi connectivity index (χ0) is 12.0. The van der Waals surface area contributed by atoms with Crippen molar-refractivity contribution in [3.8, 4) is 11.3 Å². The molecule has 0 atom stereocenters. The number of aromatic nitrogens is 2. The number of hydrogen-bond donors (Lipinski definition) is 1. The highest BCUT2D eigenvalue weighted by Gasteiger charge is 2.09. The van der Waals surface area contributed by atoms with Crippen molar-refractivity contribution >= 4 is 28.3 Å². The summed E-state index contributed by atoms with van der Waals surface area (Å²) in [5.74, 6) is 1.02. The quantitative estimate of drug-likeness (QED) is 0.719. The summed E-state index contributed by atoms with van der Waals surface area (Å²) in [7, 11) is 1.96. The minimum absolute atomic E-state index is 0.374. The molecular formula is C12H10ClN3O. The maximum atomic E-state index is 6.15. The van der Waals surface area contributed by atoms with Gasteiger partial charge in [-0.1, -0.05) is 16.8 Å². The van der Waals surface area contributed by atoms with Crippen molar-refractivity contribution in [3.05, 3.63) is 35.5 Å². The second-order valence-electron chi connectivity index (χ2n) is 3.94.